The van der Waals surface area contributed by atoms with E-state index in [2.05, 4.69) is 37.6 Å². The number of anilines is 1. The molecule has 1 aromatic carbocycles. The summed E-state index contributed by atoms with van der Waals surface area (Å²) in [5.41, 5.74) is 1.44. The lowest BCUT2D eigenvalue weighted by Crippen LogP contribution is -2.24. The predicted octanol–water partition coefficient (Wildman–Crippen LogP) is 1.15. The molecule has 0 spiro atoms. The minimum Gasteiger partial charge on any atom is -0.367 e. The number of hydrogen-bond acceptors (Lipinski definition) is 8. The van der Waals surface area contributed by atoms with E-state index >= 15 is 0 Å². The summed E-state index contributed by atoms with van der Waals surface area (Å²) in [6, 6.07) is 3.35. The standard InChI is InChI=1S/C13H15N5O3S2/c1-17(2)23(19,20)11-4-3-10(12-13(11)16-21-15-12)18-6-5-9(7-18)14-8-22/h3-4,9H,5-7H2,1-2H3/t9-/m0/s1. The fraction of sp³-hybridized carbons (Fsp3) is 0.462. The Hall–Kier alpha value is -1.87. The Bertz CT molecular complexity index is 886. The number of fused-ring (bicyclic) bond motifs is 1. The first kappa shape index (κ1) is 16.0. The summed E-state index contributed by atoms with van der Waals surface area (Å²) in [5.74, 6) is 0. The first-order valence-corrected chi connectivity index (χ1v) is 8.79. The van der Waals surface area contributed by atoms with Crippen molar-refractivity contribution in [1.82, 2.24) is 14.6 Å². The third-order valence-corrected chi connectivity index (χ3v) is 5.81. The van der Waals surface area contributed by atoms with Gasteiger partial charge in [-0.3, -0.25) is 0 Å². The van der Waals surface area contributed by atoms with Crippen molar-refractivity contribution in [3.05, 3.63) is 12.1 Å². The molecule has 3 rings (SSSR count). The van der Waals surface area contributed by atoms with Crippen molar-refractivity contribution in [3.63, 3.8) is 0 Å². The molecular formula is C13H15N5O3S2. The Balaban J connectivity index is 2.06. The van der Waals surface area contributed by atoms with Crippen molar-refractivity contribution < 1.29 is 13.0 Å². The van der Waals surface area contributed by atoms with E-state index in [-0.39, 0.29) is 16.5 Å². The lowest BCUT2D eigenvalue weighted by molar-refractivity contribution is 0.315. The minimum absolute atomic E-state index is 0.0789. The Morgan fingerprint density at radius 3 is 2.83 bits per heavy atom. The summed E-state index contributed by atoms with van der Waals surface area (Å²) in [6.45, 7) is 1.44. The molecule has 0 amide bonds. The largest absolute Gasteiger partial charge is 0.367 e. The summed E-state index contributed by atoms with van der Waals surface area (Å²) >= 11 is 4.65. The summed E-state index contributed by atoms with van der Waals surface area (Å²) < 4.78 is 30.7. The number of benzene rings is 1. The molecule has 1 atom stereocenters. The number of thiocarbonyl (C=S) groups is 1. The normalized spacial score (nSPS) is 18.6. The molecule has 1 aromatic heterocycles. The van der Waals surface area contributed by atoms with Crippen molar-refractivity contribution >= 4 is 44.1 Å². The van der Waals surface area contributed by atoms with Gasteiger partial charge in [-0.05, 0) is 41.1 Å². The van der Waals surface area contributed by atoms with Crippen LogP contribution in [0.25, 0.3) is 11.0 Å². The SMILES string of the molecule is CN(C)S(=O)(=O)c1ccc(N2CC[C@H](N=C=S)C2)c2nonc12. The van der Waals surface area contributed by atoms with Gasteiger partial charge in [0.1, 0.15) is 4.90 Å². The van der Waals surface area contributed by atoms with Gasteiger partial charge in [0.25, 0.3) is 0 Å². The second-order valence-corrected chi connectivity index (χ2v) is 7.74. The molecule has 1 aliphatic rings. The second-order valence-electron chi connectivity index (χ2n) is 5.44. The van der Waals surface area contributed by atoms with Crippen LogP contribution in [0.4, 0.5) is 5.69 Å². The van der Waals surface area contributed by atoms with Crippen molar-refractivity contribution in [2.45, 2.75) is 17.4 Å². The highest BCUT2D eigenvalue weighted by molar-refractivity contribution is 7.89. The number of nitrogens with zero attached hydrogens (tertiary/aromatic N) is 5. The molecule has 1 fully saturated rings. The monoisotopic (exact) mass is 353 g/mol. The summed E-state index contributed by atoms with van der Waals surface area (Å²) in [6.07, 6.45) is 0.855. The van der Waals surface area contributed by atoms with E-state index in [1.54, 1.807) is 6.07 Å². The van der Waals surface area contributed by atoms with Gasteiger partial charge >= 0.3 is 0 Å². The highest BCUT2D eigenvalue weighted by atomic mass is 32.2. The molecule has 2 aromatic rings. The topological polar surface area (TPSA) is 91.9 Å². The van der Waals surface area contributed by atoms with Crippen LogP contribution >= 0.6 is 12.2 Å². The molecule has 2 heterocycles. The summed E-state index contributed by atoms with van der Waals surface area (Å²) in [7, 11) is -0.685. The average molecular weight is 353 g/mol. The second kappa shape index (κ2) is 5.97. The van der Waals surface area contributed by atoms with E-state index in [0.717, 1.165) is 23.0 Å². The van der Waals surface area contributed by atoms with E-state index in [1.165, 1.54) is 20.2 Å². The maximum atomic E-state index is 12.4. The van der Waals surface area contributed by atoms with E-state index in [4.69, 9.17) is 4.63 Å². The van der Waals surface area contributed by atoms with Gasteiger partial charge in [0, 0.05) is 27.2 Å². The van der Waals surface area contributed by atoms with E-state index in [1.807, 2.05) is 0 Å². The van der Waals surface area contributed by atoms with Crippen LogP contribution in [0.3, 0.4) is 0 Å². The lowest BCUT2D eigenvalue weighted by atomic mass is 10.2. The highest BCUT2D eigenvalue weighted by Gasteiger charge is 2.28. The lowest BCUT2D eigenvalue weighted by Gasteiger charge is -2.19. The number of rotatable bonds is 4. The van der Waals surface area contributed by atoms with Crippen molar-refractivity contribution in [2.75, 3.05) is 32.1 Å². The zero-order chi connectivity index (χ0) is 16.6. The van der Waals surface area contributed by atoms with E-state index < -0.39 is 10.0 Å². The van der Waals surface area contributed by atoms with Gasteiger partial charge < -0.3 is 4.90 Å². The maximum Gasteiger partial charge on any atom is 0.244 e. The zero-order valence-electron chi connectivity index (χ0n) is 12.6. The molecule has 0 aliphatic carbocycles. The quantitative estimate of drug-likeness (QED) is 0.601. The van der Waals surface area contributed by atoms with Crippen LogP contribution in [0, 0.1) is 0 Å². The average Bonchev–Trinajstić information content (AvgIpc) is 3.15. The van der Waals surface area contributed by atoms with Gasteiger partial charge in [0.05, 0.1) is 16.9 Å². The van der Waals surface area contributed by atoms with Crippen LogP contribution in [0.1, 0.15) is 6.42 Å². The molecule has 0 radical (unpaired) electrons. The molecule has 10 heteroatoms. The molecule has 8 nitrogen and oxygen atoms in total. The van der Waals surface area contributed by atoms with Gasteiger partial charge in [-0.2, -0.15) is 0 Å². The molecule has 122 valence electrons. The Morgan fingerprint density at radius 2 is 2.13 bits per heavy atom. The Kier molecular flexibility index (Phi) is 4.15. The van der Waals surface area contributed by atoms with E-state index in [0.29, 0.717) is 12.1 Å². The van der Waals surface area contributed by atoms with Crippen LogP contribution in [0.2, 0.25) is 0 Å². The van der Waals surface area contributed by atoms with Crippen LogP contribution in [0.5, 0.6) is 0 Å². The molecule has 1 saturated heterocycles. The van der Waals surface area contributed by atoms with Gasteiger partial charge in [-0.15, -0.1) is 0 Å². The van der Waals surface area contributed by atoms with Crippen LogP contribution in [0.15, 0.2) is 26.6 Å². The van der Waals surface area contributed by atoms with Crippen LogP contribution < -0.4 is 4.90 Å². The number of sulfonamides is 1. The molecule has 1 aliphatic heterocycles. The molecule has 0 saturated carbocycles. The molecule has 0 N–H and O–H groups in total. The fourth-order valence-corrected chi connectivity index (χ4v) is 3.79. The molecule has 0 unspecified atom stereocenters. The van der Waals surface area contributed by atoms with Gasteiger partial charge in [-0.25, -0.2) is 22.3 Å². The first-order valence-electron chi connectivity index (χ1n) is 6.95. The van der Waals surface area contributed by atoms with Gasteiger partial charge in [0.15, 0.2) is 11.0 Å². The number of isothiocyanates is 1. The number of aromatic nitrogens is 2. The third-order valence-electron chi connectivity index (χ3n) is 3.86. The molecular weight excluding hydrogens is 338 g/mol. The zero-order valence-corrected chi connectivity index (χ0v) is 14.3. The summed E-state index contributed by atoms with van der Waals surface area (Å²) in [5, 5.41) is 10.1. The maximum absolute atomic E-state index is 12.4. The van der Waals surface area contributed by atoms with Crippen LogP contribution in [-0.4, -0.2) is 61.4 Å². The van der Waals surface area contributed by atoms with E-state index in [9.17, 15) is 8.42 Å². The number of hydrogen-bond donors (Lipinski definition) is 0. The first-order chi connectivity index (χ1) is 10.9. The molecule has 0 bridgehead atoms. The van der Waals surface area contributed by atoms with Crippen molar-refractivity contribution in [2.24, 2.45) is 4.99 Å². The third kappa shape index (κ3) is 2.74. The number of aliphatic imine (C=N–C) groups is 1. The van der Waals surface area contributed by atoms with Crippen LogP contribution in [-0.2, 0) is 10.0 Å². The van der Waals surface area contributed by atoms with Gasteiger partial charge in [0.2, 0.25) is 10.0 Å². The van der Waals surface area contributed by atoms with Gasteiger partial charge in [-0.1, -0.05) is 0 Å². The Labute approximate surface area is 138 Å². The fourth-order valence-electron chi connectivity index (χ4n) is 2.63. The molecule has 23 heavy (non-hydrogen) atoms. The Morgan fingerprint density at radius 1 is 1.39 bits per heavy atom. The highest BCUT2D eigenvalue weighted by Crippen LogP contribution is 2.32. The van der Waals surface area contributed by atoms with Crippen molar-refractivity contribution in [3.8, 4) is 0 Å². The summed E-state index contributed by atoms with van der Waals surface area (Å²) in [4.78, 5) is 6.26. The smallest absolute Gasteiger partial charge is 0.244 e. The minimum atomic E-state index is -3.62. The predicted molar refractivity (Wildman–Crippen MR) is 88.3 cm³/mol. The van der Waals surface area contributed by atoms with Crippen molar-refractivity contribution in [1.29, 1.82) is 0 Å².